The molecule has 13 heteroatoms. The molecule has 4 rings (SSSR count). The van der Waals surface area contributed by atoms with E-state index in [4.69, 9.17) is 0 Å². The molecule has 2 fully saturated rings. The zero-order valence-electron chi connectivity index (χ0n) is 23.1. The lowest BCUT2D eigenvalue weighted by Gasteiger charge is -2.31. The van der Waals surface area contributed by atoms with E-state index in [2.05, 4.69) is 38.2 Å². The molecule has 224 valence electrons. The molecule has 5 amide bonds. The van der Waals surface area contributed by atoms with Gasteiger partial charge in [0.2, 0.25) is 11.1 Å². The fraction of sp³-hybridized carbons (Fsp3) is 0.429. The van der Waals surface area contributed by atoms with Crippen molar-refractivity contribution in [1.29, 1.82) is 0 Å². The summed E-state index contributed by atoms with van der Waals surface area (Å²) in [5, 5.41) is 13.8. The first kappa shape index (κ1) is 33.4. The molecule has 2 aromatic carbocycles. The highest BCUT2D eigenvalue weighted by molar-refractivity contribution is 6.62. The molecule has 2 saturated heterocycles. The van der Waals surface area contributed by atoms with Gasteiger partial charge in [-0.1, -0.05) is 12.1 Å². The van der Waals surface area contributed by atoms with Crippen LogP contribution in [0.5, 0.6) is 0 Å². The lowest BCUT2D eigenvalue weighted by Crippen LogP contribution is -2.47. The number of carbonyl (C=O) groups is 4. The van der Waals surface area contributed by atoms with Crippen molar-refractivity contribution in [1.82, 2.24) is 20.9 Å². The van der Waals surface area contributed by atoms with Crippen LogP contribution in [0.2, 0.25) is 0 Å². The minimum Gasteiger partial charge on any atom is -0.343 e. The monoisotopic (exact) mass is 594 g/mol. The van der Waals surface area contributed by atoms with Crippen LogP contribution in [0.4, 0.5) is 29.7 Å². The van der Waals surface area contributed by atoms with Crippen molar-refractivity contribution >= 4 is 46.2 Å². The van der Waals surface area contributed by atoms with Gasteiger partial charge in [0.25, 0.3) is 0 Å². The Morgan fingerprint density at radius 2 is 1.20 bits per heavy atom. The molecule has 0 aliphatic carbocycles. The van der Waals surface area contributed by atoms with Crippen LogP contribution in [0.15, 0.2) is 48.5 Å². The molecular weight excluding hydrogens is 558 g/mol. The van der Waals surface area contributed by atoms with Crippen molar-refractivity contribution < 1.29 is 28.0 Å². The molecule has 2 aliphatic rings. The summed E-state index contributed by atoms with van der Waals surface area (Å²) in [7, 11) is 0. The molecule has 0 saturated carbocycles. The third-order valence-corrected chi connectivity index (χ3v) is 6.11. The molecule has 2 heterocycles. The first-order valence-corrected chi connectivity index (χ1v) is 13.7. The zero-order chi connectivity index (χ0) is 30.2. The first-order chi connectivity index (χ1) is 19.5. The van der Waals surface area contributed by atoms with Gasteiger partial charge in [-0.2, -0.15) is 0 Å². The molecule has 41 heavy (non-hydrogen) atoms. The van der Waals surface area contributed by atoms with E-state index >= 15 is 0 Å². The minimum atomic E-state index is -0.391. The number of urea groups is 2. The Morgan fingerprint density at radius 3 is 1.59 bits per heavy atom. The number of amides is 5. The predicted molar refractivity (Wildman–Crippen MR) is 155 cm³/mol. The fourth-order valence-electron chi connectivity index (χ4n) is 4.14. The second-order valence-electron chi connectivity index (χ2n) is 9.49. The van der Waals surface area contributed by atoms with Gasteiger partial charge in [-0.05, 0) is 86.8 Å². The van der Waals surface area contributed by atoms with Gasteiger partial charge in [-0.25, -0.2) is 18.4 Å². The number of hydrogen-bond donors (Lipinski definition) is 5. The molecule has 0 bridgehead atoms. The summed E-state index contributed by atoms with van der Waals surface area (Å²) in [4.78, 5) is 45.6. The van der Waals surface area contributed by atoms with E-state index in [0.717, 1.165) is 38.8 Å². The number of nitrogens with one attached hydrogen (secondary N) is 5. The Bertz CT molecular complexity index is 1150. The Labute approximate surface area is 243 Å². The van der Waals surface area contributed by atoms with E-state index in [9.17, 15) is 28.0 Å². The summed E-state index contributed by atoms with van der Waals surface area (Å²) in [6, 6.07) is 11.2. The molecule has 0 atom stereocenters. The van der Waals surface area contributed by atoms with Crippen molar-refractivity contribution in [2.75, 3.05) is 36.8 Å². The predicted octanol–water partition coefficient (Wildman–Crippen LogP) is 4.43. The Morgan fingerprint density at radius 1 is 0.780 bits per heavy atom. The summed E-state index contributed by atoms with van der Waals surface area (Å²) in [6.07, 6.45) is 3.32. The number of halogens is 3. The molecule has 2 aromatic rings. The topological polar surface area (TPSA) is 132 Å². The van der Waals surface area contributed by atoms with Gasteiger partial charge in [0, 0.05) is 50.4 Å². The lowest BCUT2D eigenvalue weighted by atomic mass is 10.1. The maximum atomic E-state index is 13.0. The van der Waals surface area contributed by atoms with Gasteiger partial charge < -0.3 is 31.5 Å². The van der Waals surface area contributed by atoms with E-state index in [0.29, 0.717) is 24.5 Å². The largest absolute Gasteiger partial charge is 0.343 e. The summed E-state index contributed by atoms with van der Waals surface area (Å²) in [5.41, 5.74) is 0.889. The second kappa shape index (κ2) is 17.8. The number of anilines is 2. The first-order valence-electron chi connectivity index (χ1n) is 13.3. The van der Waals surface area contributed by atoms with Crippen molar-refractivity contribution in [2.45, 2.75) is 51.6 Å². The maximum Gasteiger partial charge on any atom is 0.319 e. The number of rotatable bonds is 4. The standard InChI is InChI=1S/C14H18FN3O2.C12H16FN3O.C2H3ClO/c1-10(19)18-7-5-12(6-8-18)16-14(20)17-13-4-2-3-11(15)9-13;13-9-2-1-3-11(8-9)16-12(17)15-10-4-6-14-7-5-10;1-2(3)4/h2-4,9,12H,5-8H2,1H3,(H2,16,17,20);1-3,8,10,14H,4-7H2,(H2,15,16,17);1H3. The Kier molecular flexibility index (Phi) is 14.5. The van der Waals surface area contributed by atoms with E-state index in [1.165, 1.54) is 37.3 Å². The number of likely N-dealkylation sites (tertiary alicyclic amines) is 1. The molecule has 0 radical (unpaired) electrons. The van der Waals surface area contributed by atoms with Gasteiger partial charge in [-0.15, -0.1) is 0 Å². The molecule has 5 N–H and O–H groups in total. The van der Waals surface area contributed by atoms with Gasteiger partial charge in [0.15, 0.2) is 0 Å². The molecule has 0 spiro atoms. The van der Waals surface area contributed by atoms with Crippen LogP contribution in [-0.4, -0.2) is 66.4 Å². The third kappa shape index (κ3) is 14.4. The van der Waals surface area contributed by atoms with Crippen LogP contribution in [0.1, 0.15) is 39.5 Å². The second-order valence-corrected chi connectivity index (χ2v) is 10.0. The quantitative estimate of drug-likeness (QED) is 0.334. The van der Waals surface area contributed by atoms with Gasteiger partial charge in [0.1, 0.15) is 11.6 Å². The van der Waals surface area contributed by atoms with Crippen molar-refractivity contribution in [3.05, 3.63) is 60.2 Å². The van der Waals surface area contributed by atoms with Gasteiger partial charge >= 0.3 is 12.1 Å². The number of piperidine rings is 2. The summed E-state index contributed by atoms with van der Waals surface area (Å²) in [6.45, 7) is 5.99. The zero-order valence-corrected chi connectivity index (χ0v) is 23.9. The van der Waals surface area contributed by atoms with Gasteiger partial charge in [-0.3, -0.25) is 9.59 Å². The average molecular weight is 595 g/mol. The Hall–Kier alpha value is -3.77. The fourth-order valence-corrected chi connectivity index (χ4v) is 4.14. The van der Waals surface area contributed by atoms with E-state index in [1.807, 2.05) is 0 Å². The van der Waals surface area contributed by atoms with Crippen LogP contribution in [0.25, 0.3) is 0 Å². The highest BCUT2D eigenvalue weighted by atomic mass is 35.5. The lowest BCUT2D eigenvalue weighted by molar-refractivity contribution is -0.129. The van der Waals surface area contributed by atoms with Crippen molar-refractivity contribution in [3.63, 3.8) is 0 Å². The van der Waals surface area contributed by atoms with Crippen LogP contribution >= 0.6 is 11.6 Å². The summed E-state index contributed by atoms with van der Waals surface area (Å²) >= 11 is 4.64. The highest BCUT2D eigenvalue weighted by Gasteiger charge is 2.22. The highest BCUT2D eigenvalue weighted by Crippen LogP contribution is 2.13. The smallest absolute Gasteiger partial charge is 0.319 e. The van der Waals surface area contributed by atoms with Crippen LogP contribution in [-0.2, 0) is 9.59 Å². The number of carbonyl (C=O) groups excluding carboxylic acids is 4. The third-order valence-electron chi connectivity index (χ3n) is 6.11. The summed E-state index contributed by atoms with van der Waals surface area (Å²) < 4.78 is 25.9. The van der Waals surface area contributed by atoms with E-state index in [-0.39, 0.29) is 41.1 Å². The van der Waals surface area contributed by atoms with Crippen LogP contribution < -0.4 is 26.6 Å². The number of nitrogens with zero attached hydrogens (tertiary/aromatic N) is 1. The number of hydrogen-bond acceptors (Lipinski definition) is 5. The minimum absolute atomic E-state index is 0.0409. The summed E-state index contributed by atoms with van der Waals surface area (Å²) in [5.74, 6) is -0.685. The molecule has 10 nitrogen and oxygen atoms in total. The van der Waals surface area contributed by atoms with Crippen LogP contribution in [0, 0.1) is 11.6 Å². The van der Waals surface area contributed by atoms with Crippen molar-refractivity contribution in [2.24, 2.45) is 0 Å². The normalized spacial score (nSPS) is 15.2. The maximum absolute atomic E-state index is 13.0. The van der Waals surface area contributed by atoms with E-state index in [1.54, 1.807) is 30.0 Å². The molecule has 0 aromatic heterocycles. The molecule has 2 aliphatic heterocycles. The SMILES string of the molecule is CC(=O)Cl.CC(=O)N1CCC(NC(=O)Nc2cccc(F)c2)CC1.O=C(Nc1cccc(F)c1)NC1CCNCC1. The van der Waals surface area contributed by atoms with Crippen molar-refractivity contribution in [3.8, 4) is 0 Å². The number of benzene rings is 2. The molecular formula is C28H37ClF2N6O4. The molecule has 0 unspecified atom stereocenters. The Balaban J connectivity index is 0.000000256. The van der Waals surface area contributed by atoms with Crippen LogP contribution in [0.3, 0.4) is 0 Å². The average Bonchev–Trinajstić information content (AvgIpc) is 2.89. The van der Waals surface area contributed by atoms with Gasteiger partial charge in [0.05, 0.1) is 0 Å². The van der Waals surface area contributed by atoms with E-state index < -0.39 is 5.82 Å².